The first-order chi connectivity index (χ1) is 15.2. The number of aromatic nitrogens is 2. The molecule has 0 unspecified atom stereocenters. The Morgan fingerprint density at radius 3 is 2.34 bits per heavy atom. The van der Waals surface area contributed by atoms with Crippen molar-refractivity contribution in [2.45, 2.75) is 64.2 Å². The lowest BCUT2D eigenvalue weighted by Gasteiger charge is -2.45. The average Bonchev–Trinajstić information content (AvgIpc) is 3.16. The molecule has 5 nitrogen and oxygen atoms in total. The Kier molecular flexibility index (Phi) is 5.83. The second-order valence-electron chi connectivity index (χ2n) is 9.85. The largest absolute Gasteiger partial charge is 0.496 e. The van der Waals surface area contributed by atoms with Crippen LogP contribution in [-0.4, -0.2) is 27.9 Å². The zero-order valence-corrected chi connectivity index (χ0v) is 19.6. The van der Waals surface area contributed by atoms with E-state index in [9.17, 15) is 0 Å². The maximum Gasteiger partial charge on any atom is 0.144 e. The molecule has 1 fully saturated rings. The van der Waals surface area contributed by atoms with E-state index in [4.69, 9.17) is 19.7 Å². The molecule has 0 atom stereocenters. The minimum absolute atomic E-state index is 0.200. The van der Waals surface area contributed by atoms with Crippen molar-refractivity contribution in [3.05, 3.63) is 71.5 Å². The summed E-state index contributed by atoms with van der Waals surface area (Å²) in [6.45, 7) is 9.32. The number of rotatable bonds is 5. The van der Waals surface area contributed by atoms with Crippen molar-refractivity contribution in [2.75, 3.05) is 7.11 Å². The Hall–Kier alpha value is -3.10. The van der Waals surface area contributed by atoms with Gasteiger partial charge in [0, 0.05) is 18.7 Å². The van der Waals surface area contributed by atoms with Gasteiger partial charge in [-0.25, -0.2) is 4.98 Å². The van der Waals surface area contributed by atoms with Gasteiger partial charge < -0.3 is 14.0 Å². The molecular formula is C27H31N3O2. The van der Waals surface area contributed by atoms with Gasteiger partial charge in [-0.2, -0.15) is 5.26 Å². The van der Waals surface area contributed by atoms with Gasteiger partial charge in [-0.1, -0.05) is 24.3 Å². The summed E-state index contributed by atoms with van der Waals surface area (Å²) >= 11 is 0. The lowest BCUT2D eigenvalue weighted by atomic mass is 9.79. The summed E-state index contributed by atoms with van der Waals surface area (Å²) in [6.07, 6.45) is 4.04. The van der Waals surface area contributed by atoms with E-state index >= 15 is 0 Å². The zero-order chi connectivity index (χ0) is 22.9. The molecule has 0 radical (unpaired) electrons. The van der Waals surface area contributed by atoms with Crippen molar-refractivity contribution in [1.29, 1.82) is 5.26 Å². The van der Waals surface area contributed by atoms with Crippen molar-refractivity contribution in [1.82, 2.24) is 9.55 Å². The molecule has 1 saturated heterocycles. The van der Waals surface area contributed by atoms with Crippen LogP contribution in [0.2, 0.25) is 0 Å². The van der Waals surface area contributed by atoms with Gasteiger partial charge >= 0.3 is 0 Å². The number of benzene rings is 2. The van der Waals surface area contributed by atoms with Crippen LogP contribution in [0.25, 0.3) is 11.4 Å². The molecule has 1 aliphatic heterocycles. The van der Waals surface area contributed by atoms with Gasteiger partial charge in [0.25, 0.3) is 0 Å². The Morgan fingerprint density at radius 2 is 1.72 bits per heavy atom. The topological polar surface area (TPSA) is 60.1 Å². The zero-order valence-electron chi connectivity index (χ0n) is 19.6. The molecule has 5 heteroatoms. The summed E-state index contributed by atoms with van der Waals surface area (Å²) < 4.78 is 14.2. The predicted molar refractivity (Wildman–Crippen MR) is 126 cm³/mol. The van der Waals surface area contributed by atoms with E-state index in [1.165, 1.54) is 0 Å². The number of methoxy groups -OCH3 is 1. The van der Waals surface area contributed by atoms with Crippen molar-refractivity contribution < 1.29 is 9.47 Å². The highest BCUT2D eigenvalue weighted by Gasteiger charge is 2.40. The third-order valence-corrected chi connectivity index (χ3v) is 6.03. The van der Waals surface area contributed by atoms with E-state index in [1.54, 1.807) is 7.11 Å². The first-order valence-electron chi connectivity index (χ1n) is 11.1. The molecule has 1 aromatic heterocycles. The molecule has 0 N–H and O–H groups in total. The first kappa shape index (κ1) is 22.1. The highest BCUT2D eigenvalue weighted by molar-refractivity contribution is 5.65. The van der Waals surface area contributed by atoms with Crippen LogP contribution in [0.3, 0.4) is 0 Å². The van der Waals surface area contributed by atoms with Gasteiger partial charge in [0.2, 0.25) is 0 Å². The van der Waals surface area contributed by atoms with E-state index in [2.05, 4.69) is 50.6 Å². The normalized spacial score (nSPS) is 17.6. The summed E-state index contributed by atoms with van der Waals surface area (Å²) in [5.74, 6) is 2.01. The average molecular weight is 430 g/mol. The molecule has 0 saturated carbocycles. The molecule has 3 aromatic rings. The van der Waals surface area contributed by atoms with Gasteiger partial charge in [-0.05, 0) is 70.4 Å². The number of nitrogens with zero attached hydrogens (tertiary/aromatic N) is 3. The monoisotopic (exact) mass is 429 g/mol. The fourth-order valence-corrected chi connectivity index (χ4v) is 4.98. The van der Waals surface area contributed by atoms with Crippen molar-refractivity contribution >= 4 is 0 Å². The molecule has 2 heterocycles. The number of imidazole rings is 1. The van der Waals surface area contributed by atoms with Gasteiger partial charge in [-0.3, -0.25) is 0 Å². The van der Waals surface area contributed by atoms with Crippen molar-refractivity contribution in [3.8, 4) is 23.2 Å². The summed E-state index contributed by atoms with van der Waals surface area (Å²) in [7, 11) is 1.69. The molecule has 2 aromatic carbocycles. The predicted octanol–water partition coefficient (Wildman–Crippen LogP) is 5.93. The van der Waals surface area contributed by atoms with Gasteiger partial charge in [0.1, 0.15) is 11.6 Å². The lowest BCUT2D eigenvalue weighted by molar-refractivity contribution is -0.162. The minimum Gasteiger partial charge on any atom is -0.496 e. The van der Waals surface area contributed by atoms with E-state index in [0.29, 0.717) is 18.0 Å². The van der Waals surface area contributed by atoms with Crippen LogP contribution in [0.1, 0.15) is 63.3 Å². The molecule has 32 heavy (non-hydrogen) atoms. The Morgan fingerprint density at radius 1 is 1.06 bits per heavy atom. The SMILES string of the molecule is COc1ccccc1-c1nc(C2CC(C)(C)OC(C)(C)C2)cn1Cc1ccc(C#N)cc1. The second-order valence-corrected chi connectivity index (χ2v) is 9.85. The quantitative estimate of drug-likeness (QED) is 0.504. The van der Waals surface area contributed by atoms with Crippen LogP contribution in [0.4, 0.5) is 0 Å². The van der Waals surface area contributed by atoms with Crippen LogP contribution in [0.5, 0.6) is 5.75 Å². The van der Waals surface area contributed by atoms with Crippen LogP contribution in [-0.2, 0) is 11.3 Å². The van der Waals surface area contributed by atoms with Gasteiger partial charge in [0.15, 0.2) is 0 Å². The Bertz CT molecular complexity index is 1120. The molecule has 0 aliphatic carbocycles. The molecule has 0 amide bonds. The number of hydrogen-bond acceptors (Lipinski definition) is 4. The van der Waals surface area contributed by atoms with E-state index in [-0.39, 0.29) is 11.2 Å². The van der Waals surface area contributed by atoms with E-state index in [0.717, 1.165) is 41.2 Å². The third kappa shape index (κ3) is 4.71. The van der Waals surface area contributed by atoms with Gasteiger partial charge in [0.05, 0.1) is 41.2 Å². The number of hydrogen-bond donors (Lipinski definition) is 0. The summed E-state index contributed by atoms with van der Waals surface area (Å²) in [6, 6.07) is 17.9. The van der Waals surface area contributed by atoms with Crippen LogP contribution >= 0.6 is 0 Å². The summed E-state index contributed by atoms with van der Waals surface area (Å²) in [4.78, 5) is 5.15. The third-order valence-electron chi connectivity index (χ3n) is 6.03. The molecule has 0 spiro atoms. The lowest BCUT2D eigenvalue weighted by Crippen LogP contribution is -2.44. The standard InChI is InChI=1S/C27H31N3O2/c1-26(2)14-21(15-27(3,4)32-26)23-18-30(17-20-12-10-19(16-28)11-13-20)25(29-23)22-8-6-7-9-24(22)31-5/h6-13,18,21H,14-15,17H2,1-5H3. The fourth-order valence-electron chi connectivity index (χ4n) is 4.98. The maximum absolute atomic E-state index is 9.11. The van der Waals surface area contributed by atoms with Gasteiger partial charge in [-0.15, -0.1) is 0 Å². The highest BCUT2D eigenvalue weighted by atomic mass is 16.5. The highest BCUT2D eigenvalue weighted by Crippen LogP contribution is 2.44. The number of ether oxygens (including phenoxy) is 2. The molecule has 1 aliphatic rings. The van der Waals surface area contributed by atoms with Crippen molar-refractivity contribution in [3.63, 3.8) is 0 Å². The Balaban J connectivity index is 1.77. The van der Waals surface area contributed by atoms with E-state index < -0.39 is 0 Å². The van der Waals surface area contributed by atoms with Crippen molar-refractivity contribution in [2.24, 2.45) is 0 Å². The molecular weight excluding hydrogens is 398 g/mol. The van der Waals surface area contributed by atoms with Crippen LogP contribution in [0, 0.1) is 11.3 Å². The minimum atomic E-state index is -0.200. The molecule has 4 rings (SSSR count). The first-order valence-corrected chi connectivity index (χ1v) is 11.1. The second kappa shape index (κ2) is 8.44. The number of nitriles is 1. The van der Waals surface area contributed by atoms with Crippen LogP contribution < -0.4 is 4.74 Å². The Labute approximate surface area is 190 Å². The maximum atomic E-state index is 9.11. The summed E-state index contributed by atoms with van der Waals surface area (Å²) in [5, 5.41) is 9.11. The summed E-state index contributed by atoms with van der Waals surface area (Å²) in [5.41, 5.74) is 3.44. The molecule has 0 bridgehead atoms. The van der Waals surface area contributed by atoms with Crippen LogP contribution in [0.15, 0.2) is 54.7 Å². The smallest absolute Gasteiger partial charge is 0.144 e. The van der Waals surface area contributed by atoms with E-state index in [1.807, 2.05) is 42.5 Å². The number of para-hydroxylation sites is 1. The molecule has 166 valence electrons. The fraction of sp³-hybridized carbons (Fsp3) is 0.407.